The highest BCUT2D eigenvalue weighted by atomic mass is 32.1. The van der Waals surface area contributed by atoms with E-state index in [0.29, 0.717) is 0 Å². The van der Waals surface area contributed by atoms with Gasteiger partial charge in [-0.3, -0.25) is 0 Å². The van der Waals surface area contributed by atoms with Crippen molar-refractivity contribution in [2.75, 3.05) is 17.7 Å². The van der Waals surface area contributed by atoms with E-state index in [4.69, 9.17) is 0 Å². The number of hydrogen-bond acceptors (Lipinski definition) is 5. The van der Waals surface area contributed by atoms with Crippen molar-refractivity contribution in [3.05, 3.63) is 34.3 Å². The summed E-state index contributed by atoms with van der Waals surface area (Å²) in [5.41, 5.74) is 1.07. The molecule has 2 heterocycles. The third-order valence-electron chi connectivity index (χ3n) is 2.38. The zero-order valence-corrected chi connectivity index (χ0v) is 11.0. The molecule has 0 saturated carbocycles. The first-order chi connectivity index (χ1) is 8.19. The Kier molecular flexibility index (Phi) is 3.58. The van der Waals surface area contributed by atoms with Crippen LogP contribution in [-0.4, -0.2) is 17.0 Å². The van der Waals surface area contributed by atoms with Crippen molar-refractivity contribution in [2.24, 2.45) is 0 Å². The van der Waals surface area contributed by atoms with E-state index < -0.39 is 0 Å². The molecule has 0 aliphatic carbocycles. The number of nitrogens with one attached hydrogen (secondary N) is 2. The van der Waals surface area contributed by atoms with Crippen LogP contribution in [0.15, 0.2) is 23.6 Å². The molecule has 0 fully saturated rings. The van der Waals surface area contributed by atoms with Crippen molar-refractivity contribution in [2.45, 2.75) is 19.9 Å². The Morgan fingerprint density at radius 2 is 2.00 bits per heavy atom. The van der Waals surface area contributed by atoms with Crippen LogP contribution in [0.2, 0.25) is 0 Å². The van der Waals surface area contributed by atoms with Gasteiger partial charge in [-0.15, -0.1) is 11.3 Å². The van der Waals surface area contributed by atoms with Crippen LogP contribution in [0.1, 0.15) is 23.7 Å². The number of nitrogens with zero attached hydrogens (tertiary/aromatic N) is 2. The van der Waals surface area contributed by atoms with Crippen LogP contribution in [0.5, 0.6) is 0 Å². The molecule has 1 unspecified atom stereocenters. The molecule has 17 heavy (non-hydrogen) atoms. The van der Waals surface area contributed by atoms with Gasteiger partial charge in [0.1, 0.15) is 16.6 Å². The molecule has 2 rings (SSSR count). The molecule has 0 aliphatic heterocycles. The van der Waals surface area contributed by atoms with Crippen molar-refractivity contribution >= 4 is 23.0 Å². The molecule has 2 aromatic heterocycles. The van der Waals surface area contributed by atoms with Gasteiger partial charge in [-0.1, -0.05) is 6.07 Å². The third kappa shape index (κ3) is 2.94. The molecule has 1 atom stereocenters. The highest BCUT2D eigenvalue weighted by Gasteiger charge is 2.09. The lowest BCUT2D eigenvalue weighted by Crippen LogP contribution is -2.08. The largest absolute Gasteiger partial charge is 0.373 e. The molecule has 4 nitrogen and oxygen atoms in total. The Hall–Kier alpha value is -1.62. The molecular formula is C12H16N4S. The van der Waals surface area contributed by atoms with E-state index in [1.54, 1.807) is 11.3 Å². The van der Waals surface area contributed by atoms with Gasteiger partial charge in [0, 0.05) is 18.1 Å². The Morgan fingerprint density at radius 3 is 2.65 bits per heavy atom. The minimum atomic E-state index is 0.174. The van der Waals surface area contributed by atoms with Crippen molar-refractivity contribution in [3.8, 4) is 0 Å². The second-order valence-electron chi connectivity index (χ2n) is 3.85. The topological polar surface area (TPSA) is 49.8 Å². The summed E-state index contributed by atoms with van der Waals surface area (Å²) in [5.74, 6) is 1.72. The molecule has 0 aromatic carbocycles. The standard InChI is InChI=1S/C12H16N4S/c1-8-7-17-12(14-8)9(2)15-11-6-4-5-10(13-3)16-11/h4-7,9H,1-3H3,(H2,13,15,16). The summed E-state index contributed by atoms with van der Waals surface area (Å²) in [6.07, 6.45) is 0. The van der Waals surface area contributed by atoms with E-state index in [9.17, 15) is 0 Å². The predicted molar refractivity (Wildman–Crippen MR) is 72.7 cm³/mol. The quantitative estimate of drug-likeness (QED) is 0.873. The zero-order valence-electron chi connectivity index (χ0n) is 10.2. The van der Waals surface area contributed by atoms with Crippen LogP contribution >= 0.6 is 11.3 Å². The monoisotopic (exact) mass is 248 g/mol. The van der Waals surface area contributed by atoms with E-state index in [-0.39, 0.29) is 6.04 Å². The van der Waals surface area contributed by atoms with Crippen LogP contribution in [0.25, 0.3) is 0 Å². The Morgan fingerprint density at radius 1 is 1.24 bits per heavy atom. The van der Waals surface area contributed by atoms with Gasteiger partial charge in [-0.25, -0.2) is 9.97 Å². The Balaban J connectivity index is 2.09. The fourth-order valence-electron chi connectivity index (χ4n) is 1.51. The highest BCUT2D eigenvalue weighted by molar-refractivity contribution is 7.09. The van der Waals surface area contributed by atoms with Crippen molar-refractivity contribution in [3.63, 3.8) is 0 Å². The molecule has 0 bridgehead atoms. The molecular weight excluding hydrogens is 232 g/mol. The fourth-order valence-corrected chi connectivity index (χ4v) is 2.31. The molecule has 5 heteroatoms. The van der Waals surface area contributed by atoms with Crippen molar-refractivity contribution in [1.29, 1.82) is 0 Å². The van der Waals surface area contributed by atoms with Crippen molar-refractivity contribution in [1.82, 2.24) is 9.97 Å². The average molecular weight is 248 g/mol. The lowest BCUT2D eigenvalue weighted by atomic mass is 10.3. The maximum absolute atomic E-state index is 4.46. The van der Waals surface area contributed by atoms with Gasteiger partial charge in [0.25, 0.3) is 0 Å². The molecule has 2 aromatic rings. The summed E-state index contributed by atoms with van der Waals surface area (Å²) in [6.45, 7) is 4.10. The van der Waals surface area contributed by atoms with Gasteiger partial charge in [0.15, 0.2) is 0 Å². The SMILES string of the molecule is CNc1cccc(NC(C)c2nc(C)cs2)n1. The van der Waals surface area contributed by atoms with Gasteiger partial charge in [0.05, 0.1) is 6.04 Å². The molecule has 0 amide bonds. The van der Waals surface area contributed by atoms with Crippen molar-refractivity contribution < 1.29 is 0 Å². The molecule has 0 saturated heterocycles. The summed E-state index contributed by atoms with van der Waals surface area (Å²) in [6, 6.07) is 6.04. The van der Waals surface area contributed by atoms with Crippen LogP contribution in [0.3, 0.4) is 0 Å². The maximum atomic E-state index is 4.46. The summed E-state index contributed by atoms with van der Waals surface area (Å²) < 4.78 is 0. The average Bonchev–Trinajstić information content (AvgIpc) is 2.76. The van der Waals surface area contributed by atoms with Crippen LogP contribution in [0.4, 0.5) is 11.6 Å². The smallest absolute Gasteiger partial charge is 0.128 e. The van der Waals surface area contributed by atoms with E-state index in [0.717, 1.165) is 22.3 Å². The number of thiazole rings is 1. The van der Waals surface area contributed by atoms with Gasteiger partial charge in [-0.05, 0) is 26.0 Å². The van der Waals surface area contributed by atoms with Crippen LogP contribution in [0, 0.1) is 6.92 Å². The predicted octanol–water partition coefficient (Wildman–Crippen LogP) is 3.06. The van der Waals surface area contributed by atoms with Crippen LogP contribution < -0.4 is 10.6 Å². The highest BCUT2D eigenvalue weighted by Crippen LogP contribution is 2.21. The Labute approximate surface area is 105 Å². The first kappa shape index (κ1) is 11.9. The molecule has 0 radical (unpaired) electrons. The molecule has 2 N–H and O–H groups in total. The summed E-state index contributed by atoms with van der Waals surface area (Å²) in [7, 11) is 1.86. The second-order valence-corrected chi connectivity index (χ2v) is 4.74. The maximum Gasteiger partial charge on any atom is 0.128 e. The number of hydrogen-bond donors (Lipinski definition) is 2. The first-order valence-corrected chi connectivity index (χ1v) is 6.40. The third-order valence-corrected chi connectivity index (χ3v) is 3.52. The minimum Gasteiger partial charge on any atom is -0.373 e. The molecule has 0 aliphatic rings. The summed E-state index contributed by atoms with van der Waals surface area (Å²) in [4.78, 5) is 8.88. The summed E-state index contributed by atoms with van der Waals surface area (Å²) in [5, 5.41) is 9.51. The minimum absolute atomic E-state index is 0.174. The molecule has 0 spiro atoms. The number of aromatic nitrogens is 2. The Bertz CT molecular complexity index is 495. The van der Waals surface area contributed by atoms with E-state index in [2.05, 4.69) is 32.9 Å². The summed E-state index contributed by atoms with van der Waals surface area (Å²) >= 11 is 1.67. The first-order valence-electron chi connectivity index (χ1n) is 5.52. The lowest BCUT2D eigenvalue weighted by molar-refractivity contribution is 0.856. The van der Waals surface area contributed by atoms with Gasteiger partial charge >= 0.3 is 0 Å². The molecule has 90 valence electrons. The van der Waals surface area contributed by atoms with Crippen LogP contribution in [-0.2, 0) is 0 Å². The number of rotatable bonds is 4. The number of pyridine rings is 1. The normalized spacial score (nSPS) is 12.2. The second kappa shape index (κ2) is 5.14. The number of anilines is 2. The van der Waals surface area contributed by atoms with Gasteiger partial charge in [0.2, 0.25) is 0 Å². The lowest BCUT2D eigenvalue weighted by Gasteiger charge is -2.12. The van der Waals surface area contributed by atoms with Gasteiger partial charge in [-0.2, -0.15) is 0 Å². The zero-order chi connectivity index (χ0) is 12.3. The fraction of sp³-hybridized carbons (Fsp3) is 0.333. The van der Waals surface area contributed by atoms with E-state index >= 15 is 0 Å². The number of aryl methyl sites for hydroxylation is 1. The van der Waals surface area contributed by atoms with Gasteiger partial charge < -0.3 is 10.6 Å². The van der Waals surface area contributed by atoms with E-state index in [1.165, 1.54) is 0 Å². The van der Waals surface area contributed by atoms with E-state index in [1.807, 2.05) is 32.2 Å².